The number of halogens is 1. The van der Waals surface area contributed by atoms with Crippen LogP contribution in [0.4, 0.5) is 26.5 Å². The largest absolute Gasteiger partial charge is 0.481 e. The highest BCUT2D eigenvalue weighted by molar-refractivity contribution is 5.98. The lowest BCUT2D eigenvalue weighted by molar-refractivity contribution is 0.0492. The molecule has 2 aromatic rings. The Morgan fingerprint density at radius 1 is 1.08 bits per heavy atom. The van der Waals surface area contributed by atoms with E-state index in [1.165, 1.54) is 14.2 Å². The fourth-order valence-corrected chi connectivity index (χ4v) is 3.96. The van der Waals surface area contributed by atoms with Gasteiger partial charge in [-0.05, 0) is 52.5 Å². The molecule has 2 aromatic heterocycles. The van der Waals surface area contributed by atoms with Gasteiger partial charge in [0.2, 0.25) is 11.8 Å². The summed E-state index contributed by atoms with van der Waals surface area (Å²) in [5, 5.41) is 8.96. The standard InChI is InChI=1S/C25H35FN6O5/c1-13(28-24(34)37-25(2,3)4)20(14-8-7-9-14)31-23-17(26)12-16(21(27)33)22(32-23)29-15-10-18(35-5)30-19(11-15)36-6/h10-14,20H,7-9H2,1-6H3,(H2,27,33)(H,28,34)(H2,29,30,31,32)/t13-,20-/m0/s1. The van der Waals surface area contributed by atoms with Gasteiger partial charge in [0.25, 0.3) is 5.91 Å². The Balaban J connectivity index is 1.91. The summed E-state index contributed by atoms with van der Waals surface area (Å²) in [5.74, 6) is -0.957. The van der Waals surface area contributed by atoms with E-state index < -0.39 is 29.5 Å². The SMILES string of the molecule is COc1cc(Nc2nc(N[C@H](C3CCC3)[C@H](C)NC(=O)OC(C)(C)C)c(F)cc2C(N)=O)cc(OC)n1. The van der Waals surface area contributed by atoms with E-state index in [2.05, 4.69) is 25.9 Å². The van der Waals surface area contributed by atoms with Crippen molar-refractivity contribution < 1.29 is 28.2 Å². The number of carbonyl (C=O) groups excluding carboxylic acids is 2. The molecule has 0 aliphatic heterocycles. The predicted molar refractivity (Wildman–Crippen MR) is 137 cm³/mol. The van der Waals surface area contributed by atoms with Crippen LogP contribution in [-0.2, 0) is 4.74 Å². The molecule has 1 saturated carbocycles. The third kappa shape index (κ3) is 7.34. The van der Waals surface area contributed by atoms with Gasteiger partial charge in [0, 0.05) is 18.2 Å². The highest BCUT2D eigenvalue weighted by Gasteiger charge is 2.34. The minimum Gasteiger partial charge on any atom is -0.481 e. The Morgan fingerprint density at radius 3 is 2.19 bits per heavy atom. The molecule has 0 spiro atoms. The van der Waals surface area contributed by atoms with Gasteiger partial charge in [-0.25, -0.2) is 14.2 Å². The van der Waals surface area contributed by atoms with Gasteiger partial charge in [-0.2, -0.15) is 4.98 Å². The Bertz CT molecular complexity index is 1110. The normalized spacial score (nSPS) is 15.1. The maximum atomic E-state index is 15.1. The van der Waals surface area contributed by atoms with Gasteiger partial charge >= 0.3 is 6.09 Å². The molecule has 1 aliphatic carbocycles. The number of nitrogens with two attached hydrogens (primary N) is 1. The van der Waals surface area contributed by atoms with Gasteiger partial charge in [-0.15, -0.1) is 0 Å². The molecule has 0 radical (unpaired) electrons. The first-order chi connectivity index (χ1) is 17.4. The van der Waals surface area contributed by atoms with Crippen LogP contribution >= 0.6 is 0 Å². The molecule has 11 nitrogen and oxygen atoms in total. The van der Waals surface area contributed by atoms with Crippen molar-refractivity contribution >= 4 is 29.3 Å². The van der Waals surface area contributed by atoms with Gasteiger partial charge in [0.05, 0.1) is 31.5 Å². The van der Waals surface area contributed by atoms with Crippen molar-refractivity contribution in [2.24, 2.45) is 11.7 Å². The van der Waals surface area contributed by atoms with E-state index in [0.29, 0.717) is 5.69 Å². The lowest BCUT2D eigenvalue weighted by Crippen LogP contribution is -2.51. The van der Waals surface area contributed by atoms with Crippen LogP contribution in [0, 0.1) is 11.7 Å². The Kier molecular flexibility index (Phi) is 8.61. The first-order valence-electron chi connectivity index (χ1n) is 12.0. The number of hydrogen-bond acceptors (Lipinski definition) is 9. The van der Waals surface area contributed by atoms with Crippen molar-refractivity contribution in [2.45, 2.75) is 64.6 Å². The third-order valence-corrected chi connectivity index (χ3v) is 5.94. The molecule has 1 aliphatic rings. The van der Waals surface area contributed by atoms with Gasteiger partial charge in [-0.1, -0.05) is 6.42 Å². The number of amides is 2. The van der Waals surface area contributed by atoms with Crippen molar-refractivity contribution in [3.8, 4) is 11.8 Å². The van der Waals surface area contributed by atoms with E-state index in [-0.39, 0.29) is 40.9 Å². The number of alkyl carbamates (subject to hydrolysis) is 1. The van der Waals surface area contributed by atoms with Crippen LogP contribution in [0.5, 0.6) is 11.8 Å². The monoisotopic (exact) mass is 518 g/mol. The number of ether oxygens (including phenoxy) is 3. The molecule has 2 amide bonds. The number of nitrogens with zero attached hydrogens (tertiary/aromatic N) is 2. The third-order valence-electron chi connectivity index (χ3n) is 5.94. The summed E-state index contributed by atoms with van der Waals surface area (Å²) in [6.07, 6.45) is 2.31. The molecule has 0 unspecified atom stereocenters. The number of rotatable bonds is 10. The van der Waals surface area contributed by atoms with E-state index in [1.807, 2.05) is 6.92 Å². The van der Waals surface area contributed by atoms with Crippen LogP contribution in [0.2, 0.25) is 0 Å². The smallest absolute Gasteiger partial charge is 0.407 e. The lowest BCUT2D eigenvalue weighted by Gasteiger charge is -2.38. The Labute approximate surface area is 215 Å². The topological polar surface area (TPSA) is 150 Å². The molecule has 12 heteroatoms. The van der Waals surface area contributed by atoms with Crippen LogP contribution in [0.25, 0.3) is 0 Å². The summed E-state index contributed by atoms with van der Waals surface area (Å²) in [6.45, 7) is 7.16. The predicted octanol–water partition coefficient (Wildman–Crippen LogP) is 3.97. The average molecular weight is 519 g/mol. The molecule has 2 heterocycles. The Hall–Kier alpha value is -3.83. The number of methoxy groups -OCH3 is 2. The zero-order valence-corrected chi connectivity index (χ0v) is 22.0. The maximum Gasteiger partial charge on any atom is 0.407 e. The second-order valence-electron chi connectivity index (χ2n) is 9.94. The highest BCUT2D eigenvalue weighted by Crippen LogP contribution is 2.34. The number of primary amides is 1. The van der Waals surface area contributed by atoms with Crippen molar-refractivity contribution in [2.75, 3.05) is 24.9 Å². The van der Waals surface area contributed by atoms with Crippen molar-refractivity contribution in [1.82, 2.24) is 15.3 Å². The average Bonchev–Trinajstić information content (AvgIpc) is 2.77. The molecule has 0 saturated heterocycles. The summed E-state index contributed by atoms with van der Waals surface area (Å²) < 4.78 is 30.9. The molecule has 202 valence electrons. The van der Waals surface area contributed by atoms with E-state index in [4.69, 9.17) is 19.9 Å². The quantitative estimate of drug-likeness (QED) is 0.366. The summed E-state index contributed by atoms with van der Waals surface area (Å²) >= 11 is 0. The highest BCUT2D eigenvalue weighted by atomic mass is 19.1. The van der Waals surface area contributed by atoms with Crippen molar-refractivity contribution in [1.29, 1.82) is 0 Å². The van der Waals surface area contributed by atoms with Crippen LogP contribution in [0.3, 0.4) is 0 Å². The second kappa shape index (κ2) is 11.5. The molecular weight excluding hydrogens is 483 g/mol. The van der Waals surface area contributed by atoms with Crippen LogP contribution in [-0.4, -0.2) is 53.9 Å². The zero-order valence-electron chi connectivity index (χ0n) is 22.0. The van der Waals surface area contributed by atoms with E-state index in [9.17, 15) is 9.59 Å². The summed E-state index contributed by atoms with van der Waals surface area (Å²) in [5.41, 5.74) is 5.15. The van der Waals surface area contributed by atoms with E-state index in [1.54, 1.807) is 32.9 Å². The van der Waals surface area contributed by atoms with Gasteiger partial charge in [-0.3, -0.25) is 4.79 Å². The van der Waals surface area contributed by atoms with Gasteiger partial charge in [0.1, 0.15) is 11.4 Å². The van der Waals surface area contributed by atoms with Crippen molar-refractivity contribution in [3.63, 3.8) is 0 Å². The molecular formula is C25H35FN6O5. The number of hydrogen-bond donors (Lipinski definition) is 4. The van der Waals surface area contributed by atoms with E-state index in [0.717, 1.165) is 25.3 Å². The van der Waals surface area contributed by atoms with Gasteiger partial charge < -0.3 is 35.9 Å². The second-order valence-corrected chi connectivity index (χ2v) is 9.94. The van der Waals surface area contributed by atoms with Crippen molar-refractivity contribution in [3.05, 3.63) is 29.6 Å². The van der Waals surface area contributed by atoms with E-state index >= 15 is 4.39 Å². The number of carbonyl (C=O) groups is 2. The summed E-state index contributed by atoms with van der Waals surface area (Å²) in [6, 6.07) is 3.42. The molecule has 2 atom stereocenters. The van der Waals surface area contributed by atoms with Crippen LogP contribution in [0.15, 0.2) is 18.2 Å². The lowest BCUT2D eigenvalue weighted by atomic mass is 9.77. The minimum atomic E-state index is -0.857. The van der Waals surface area contributed by atoms with Crippen LogP contribution in [0.1, 0.15) is 57.3 Å². The molecule has 0 aromatic carbocycles. The molecule has 0 bridgehead atoms. The number of anilines is 3. The fraction of sp³-hybridized carbons (Fsp3) is 0.520. The Morgan fingerprint density at radius 2 is 1.70 bits per heavy atom. The number of pyridine rings is 2. The fourth-order valence-electron chi connectivity index (χ4n) is 3.96. The molecule has 37 heavy (non-hydrogen) atoms. The minimum absolute atomic E-state index is 0.0341. The zero-order chi connectivity index (χ0) is 27.3. The van der Waals surface area contributed by atoms with Gasteiger partial charge in [0.15, 0.2) is 11.6 Å². The summed E-state index contributed by atoms with van der Waals surface area (Å²) in [7, 11) is 2.90. The summed E-state index contributed by atoms with van der Waals surface area (Å²) in [4.78, 5) is 32.9. The molecule has 5 N–H and O–H groups in total. The van der Waals surface area contributed by atoms with Crippen LogP contribution < -0.4 is 31.2 Å². The number of nitrogens with one attached hydrogen (secondary N) is 3. The first kappa shape index (κ1) is 27.8. The molecule has 1 fully saturated rings. The maximum absolute atomic E-state index is 15.1. The molecule has 3 rings (SSSR count). The number of aromatic nitrogens is 2. The first-order valence-corrected chi connectivity index (χ1v) is 12.0.